The van der Waals surface area contributed by atoms with Crippen LogP contribution in [0, 0.1) is 0 Å². The second kappa shape index (κ2) is 9.25. The van der Waals surface area contributed by atoms with E-state index < -0.39 is 16.1 Å². The average molecular weight is 479 g/mol. The maximum absolute atomic E-state index is 13.5. The van der Waals surface area contributed by atoms with Crippen LogP contribution in [0.4, 0.5) is 0 Å². The lowest BCUT2D eigenvalue weighted by Gasteiger charge is -2.33. The molecule has 34 heavy (non-hydrogen) atoms. The molecule has 8 heteroatoms. The minimum Gasteiger partial charge on any atom is -0.361 e. The molecular formula is C26H30N4O3S. The lowest BCUT2D eigenvalue weighted by Crippen LogP contribution is -2.43. The number of unbranched alkanes of at least 4 members (excludes halogenated alkanes) is 1. The van der Waals surface area contributed by atoms with E-state index in [0.29, 0.717) is 31.0 Å². The summed E-state index contributed by atoms with van der Waals surface area (Å²) >= 11 is 0. The molecule has 5 rings (SSSR count). The van der Waals surface area contributed by atoms with Crippen LogP contribution in [0.25, 0.3) is 10.9 Å². The number of aromatic nitrogens is 1. The second-order valence-corrected chi connectivity index (χ2v) is 10.8. The van der Waals surface area contributed by atoms with Crippen molar-refractivity contribution in [2.45, 2.75) is 55.9 Å². The highest BCUT2D eigenvalue weighted by atomic mass is 32.2. The molecular weight excluding hydrogens is 448 g/mol. The molecule has 1 aromatic heterocycles. The van der Waals surface area contributed by atoms with Crippen LogP contribution in [0.5, 0.6) is 0 Å². The van der Waals surface area contributed by atoms with Crippen LogP contribution in [-0.4, -0.2) is 49.2 Å². The van der Waals surface area contributed by atoms with Crippen LogP contribution in [-0.2, 0) is 14.8 Å². The first-order valence-electron chi connectivity index (χ1n) is 12.0. The van der Waals surface area contributed by atoms with Gasteiger partial charge in [0.15, 0.2) is 0 Å². The Hall–Kier alpha value is -3.13. The van der Waals surface area contributed by atoms with E-state index in [1.54, 1.807) is 24.3 Å². The number of likely N-dealkylation sites (tertiary alicyclic amines) is 1. The number of fused-ring (bicyclic) bond motifs is 2. The molecule has 1 fully saturated rings. The van der Waals surface area contributed by atoms with Crippen molar-refractivity contribution in [2.75, 3.05) is 13.1 Å². The highest BCUT2D eigenvalue weighted by Crippen LogP contribution is 2.33. The molecule has 2 N–H and O–H groups in total. The molecule has 2 aliphatic rings. The molecule has 0 saturated carbocycles. The number of aromatic amines is 1. The predicted octanol–water partition coefficient (Wildman–Crippen LogP) is 4.17. The van der Waals surface area contributed by atoms with Crippen molar-refractivity contribution in [1.82, 2.24) is 14.6 Å². The minimum atomic E-state index is -3.63. The van der Waals surface area contributed by atoms with Gasteiger partial charge < -0.3 is 9.88 Å². The summed E-state index contributed by atoms with van der Waals surface area (Å²) in [4.78, 5) is 23.7. The van der Waals surface area contributed by atoms with E-state index in [1.807, 2.05) is 11.0 Å². The van der Waals surface area contributed by atoms with Crippen molar-refractivity contribution in [3.63, 3.8) is 0 Å². The molecule has 0 radical (unpaired) electrons. The summed E-state index contributed by atoms with van der Waals surface area (Å²) in [5.41, 5.74) is 3.00. The number of aliphatic imine (C=N–C) groups is 1. The smallest absolute Gasteiger partial charge is 0.263 e. The lowest BCUT2D eigenvalue weighted by atomic mass is 9.89. The number of hydrogen-bond acceptors (Lipinski definition) is 4. The van der Waals surface area contributed by atoms with Gasteiger partial charge in [0.25, 0.3) is 10.0 Å². The number of piperidine rings is 1. The van der Waals surface area contributed by atoms with Crippen LogP contribution in [0.1, 0.15) is 56.1 Å². The third-order valence-corrected chi connectivity index (χ3v) is 8.33. The molecule has 178 valence electrons. The number of carbonyl (C=O) groups excluding carboxylic acids is 1. The van der Waals surface area contributed by atoms with Crippen molar-refractivity contribution >= 4 is 32.7 Å². The van der Waals surface area contributed by atoms with Gasteiger partial charge in [-0.05, 0) is 48.9 Å². The summed E-state index contributed by atoms with van der Waals surface area (Å²) in [6, 6.07) is 14.5. The minimum absolute atomic E-state index is 0.0121. The van der Waals surface area contributed by atoms with Gasteiger partial charge in [0.05, 0.1) is 4.90 Å². The SMILES string of the molecule is CCCCC(N=C1NS(=O)(=O)c2ccccc21)C(=O)N1CCC(c2c[nH]c3ccccc23)CC1. The summed E-state index contributed by atoms with van der Waals surface area (Å²) < 4.78 is 27.5. The van der Waals surface area contributed by atoms with E-state index in [0.717, 1.165) is 31.2 Å². The Bertz CT molecular complexity index is 1340. The number of amides is 1. The quantitative estimate of drug-likeness (QED) is 0.557. The molecule has 0 aliphatic carbocycles. The number of nitrogens with one attached hydrogen (secondary N) is 2. The van der Waals surface area contributed by atoms with E-state index in [1.165, 1.54) is 10.9 Å². The summed E-state index contributed by atoms with van der Waals surface area (Å²) in [6.45, 7) is 3.44. The molecule has 2 aromatic carbocycles. The summed E-state index contributed by atoms with van der Waals surface area (Å²) in [5.74, 6) is 0.676. The zero-order chi connectivity index (χ0) is 23.7. The van der Waals surface area contributed by atoms with E-state index >= 15 is 0 Å². The van der Waals surface area contributed by atoms with Gasteiger partial charge in [0.2, 0.25) is 5.91 Å². The number of amidine groups is 1. The van der Waals surface area contributed by atoms with Gasteiger partial charge in [-0.3, -0.25) is 14.5 Å². The monoisotopic (exact) mass is 478 g/mol. The molecule has 1 amide bonds. The third-order valence-electron chi connectivity index (χ3n) is 6.93. The number of rotatable bonds is 6. The first-order valence-corrected chi connectivity index (χ1v) is 13.5. The summed E-state index contributed by atoms with van der Waals surface area (Å²) in [7, 11) is -3.63. The zero-order valence-electron chi connectivity index (χ0n) is 19.3. The number of para-hydroxylation sites is 1. The number of hydrogen-bond donors (Lipinski definition) is 2. The van der Waals surface area contributed by atoms with Gasteiger partial charge in [0.1, 0.15) is 11.9 Å². The molecule has 7 nitrogen and oxygen atoms in total. The normalized spacial score (nSPS) is 19.8. The number of nitrogens with zero attached hydrogens (tertiary/aromatic N) is 2. The van der Waals surface area contributed by atoms with Gasteiger partial charge in [-0.1, -0.05) is 50.1 Å². The van der Waals surface area contributed by atoms with Gasteiger partial charge in [0, 0.05) is 35.8 Å². The first-order chi connectivity index (χ1) is 16.5. The molecule has 3 aromatic rings. The van der Waals surface area contributed by atoms with Gasteiger partial charge in [-0.25, -0.2) is 8.42 Å². The average Bonchev–Trinajstić information content (AvgIpc) is 3.40. The highest BCUT2D eigenvalue weighted by molar-refractivity contribution is 7.90. The maximum atomic E-state index is 13.5. The fraction of sp³-hybridized carbons (Fsp3) is 0.385. The highest BCUT2D eigenvalue weighted by Gasteiger charge is 2.34. The first kappa shape index (κ1) is 22.7. The molecule has 0 bridgehead atoms. The molecule has 1 unspecified atom stereocenters. The zero-order valence-corrected chi connectivity index (χ0v) is 20.1. The molecule has 1 atom stereocenters. The summed E-state index contributed by atoms with van der Waals surface area (Å²) in [6.07, 6.45) is 6.31. The van der Waals surface area contributed by atoms with E-state index in [9.17, 15) is 13.2 Å². The Labute approximate surface area is 200 Å². The Kier molecular flexibility index (Phi) is 6.16. The van der Waals surface area contributed by atoms with Crippen molar-refractivity contribution in [3.05, 3.63) is 65.9 Å². The van der Waals surface area contributed by atoms with Crippen molar-refractivity contribution < 1.29 is 13.2 Å². The van der Waals surface area contributed by atoms with Gasteiger partial charge in [-0.2, -0.15) is 0 Å². The molecule has 1 saturated heterocycles. The standard InChI is InChI=1S/C26H30N4O3S/c1-2-3-10-23(28-25-20-9-5-7-12-24(20)34(32,33)29-25)26(31)30-15-13-18(14-16-30)21-17-27-22-11-6-4-8-19(21)22/h4-9,11-12,17-18,23,27H,2-3,10,13-16H2,1H3,(H,28,29). The predicted molar refractivity (Wildman–Crippen MR) is 133 cm³/mol. The number of H-pyrrole nitrogens is 1. The van der Waals surface area contributed by atoms with Crippen molar-refractivity contribution in [3.8, 4) is 0 Å². The van der Waals surface area contributed by atoms with Crippen molar-refractivity contribution in [1.29, 1.82) is 0 Å². The lowest BCUT2D eigenvalue weighted by molar-refractivity contribution is -0.133. The van der Waals surface area contributed by atoms with E-state index in [4.69, 9.17) is 0 Å². The topological polar surface area (TPSA) is 94.6 Å². The molecule has 2 aliphatic heterocycles. The summed E-state index contributed by atoms with van der Waals surface area (Å²) in [5, 5.41) is 1.26. The number of sulfonamides is 1. The Morgan fingerprint density at radius 3 is 2.65 bits per heavy atom. The van der Waals surface area contributed by atoms with Gasteiger partial charge in [-0.15, -0.1) is 0 Å². The van der Waals surface area contributed by atoms with Crippen molar-refractivity contribution in [2.24, 2.45) is 4.99 Å². The van der Waals surface area contributed by atoms with E-state index in [2.05, 4.69) is 46.0 Å². The van der Waals surface area contributed by atoms with Gasteiger partial charge >= 0.3 is 0 Å². The number of carbonyl (C=O) groups is 1. The second-order valence-electron chi connectivity index (χ2n) is 9.13. The Morgan fingerprint density at radius 1 is 1.12 bits per heavy atom. The van der Waals surface area contributed by atoms with E-state index in [-0.39, 0.29) is 16.6 Å². The van der Waals surface area contributed by atoms with Crippen LogP contribution < -0.4 is 4.72 Å². The fourth-order valence-electron chi connectivity index (χ4n) is 5.08. The Balaban J connectivity index is 1.33. The number of benzene rings is 2. The molecule has 0 spiro atoms. The van der Waals surface area contributed by atoms with Crippen LogP contribution >= 0.6 is 0 Å². The van der Waals surface area contributed by atoms with Crippen LogP contribution in [0.2, 0.25) is 0 Å². The third kappa shape index (κ3) is 4.22. The Morgan fingerprint density at radius 2 is 1.85 bits per heavy atom. The molecule has 3 heterocycles. The van der Waals surface area contributed by atoms with Crippen LogP contribution in [0.15, 0.2) is 64.6 Å². The van der Waals surface area contributed by atoms with Crippen LogP contribution in [0.3, 0.4) is 0 Å². The largest absolute Gasteiger partial charge is 0.361 e. The fourth-order valence-corrected chi connectivity index (χ4v) is 6.32. The maximum Gasteiger partial charge on any atom is 0.263 e.